The van der Waals surface area contributed by atoms with Gasteiger partial charge in [0.2, 0.25) is 5.91 Å². The van der Waals surface area contributed by atoms with Crippen LogP contribution in [0.1, 0.15) is 5.56 Å². The van der Waals surface area contributed by atoms with Gasteiger partial charge in [-0.25, -0.2) is 4.39 Å². The van der Waals surface area contributed by atoms with Gasteiger partial charge in [-0.05, 0) is 36.8 Å². The van der Waals surface area contributed by atoms with E-state index in [1.54, 1.807) is 36.7 Å². The molecular weight excluding hydrogens is 385 g/mol. The van der Waals surface area contributed by atoms with Crippen LogP contribution in [0.25, 0.3) is 11.4 Å². The lowest BCUT2D eigenvalue weighted by atomic mass is 10.2. The molecule has 1 amide bonds. The molecule has 0 unspecified atom stereocenters. The monoisotopic (exact) mass is 401 g/mol. The van der Waals surface area contributed by atoms with Crippen LogP contribution in [0.3, 0.4) is 0 Å². The zero-order chi connectivity index (χ0) is 20.3. The molecule has 0 aliphatic heterocycles. The van der Waals surface area contributed by atoms with Crippen LogP contribution < -0.4 is 5.32 Å². The summed E-state index contributed by atoms with van der Waals surface area (Å²) in [6.07, 6.45) is 0. The Morgan fingerprint density at radius 3 is 2.64 bits per heavy atom. The van der Waals surface area contributed by atoms with Crippen molar-refractivity contribution < 1.29 is 14.1 Å². The van der Waals surface area contributed by atoms with E-state index in [1.165, 1.54) is 36.0 Å². The van der Waals surface area contributed by atoms with Crippen molar-refractivity contribution in [3.63, 3.8) is 0 Å². The normalized spacial score (nSPS) is 10.7. The number of amides is 1. The molecule has 0 radical (unpaired) electrons. The van der Waals surface area contributed by atoms with E-state index in [0.29, 0.717) is 22.2 Å². The molecule has 0 saturated heterocycles. The molecule has 0 aliphatic carbocycles. The van der Waals surface area contributed by atoms with Gasteiger partial charge in [-0.2, -0.15) is 0 Å². The second-order valence-corrected chi connectivity index (χ2v) is 6.91. The fourth-order valence-corrected chi connectivity index (χ4v) is 3.18. The number of benzene rings is 2. The van der Waals surface area contributed by atoms with Crippen LogP contribution in [0, 0.1) is 22.9 Å². The minimum absolute atomic E-state index is 0.0531. The molecule has 2 aromatic carbocycles. The van der Waals surface area contributed by atoms with Gasteiger partial charge in [0, 0.05) is 24.7 Å². The smallest absolute Gasteiger partial charge is 0.271 e. The molecule has 0 fully saturated rings. The third-order valence-electron chi connectivity index (χ3n) is 3.98. The highest BCUT2D eigenvalue weighted by Gasteiger charge is 2.15. The molecule has 8 nitrogen and oxygen atoms in total. The van der Waals surface area contributed by atoms with Crippen molar-refractivity contribution >= 4 is 29.0 Å². The van der Waals surface area contributed by atoms with Crippen LogP contribution in [0.4, 0.5) is 15.8 Å². The first-order valence-electron chi connectivity index (χ1n) is 8.18. The van der Waals surface area contributed by atoms with E-state index in [0.717, 1.165) is 5.56 Å². The Morgan fingerprint density at radius 1 is 1.25 bits per heavy atom. The van der Waals surface area contributed by atoms with Gasteiger partial charge in [-0.3, -0.25) is 14.9 Å². The number of halogens is 1. The number of thioether (sulfide) groups is 1. The SMILES string of the molecule is Cc1ccc([N+](=O)[O-])cc1NC(=O)CSc1nnc(-c2ccc(F)cc2)n1C. The van der Waals surface area contributed by atoms with Gasteiger partial charge in [-0.15, -0.1) is 10.2 Å². The maximum Gasteiger partial charge on any atom is 0.271 e. The summed E-state index contributed by atoms with van der Waals surface area (Å²) in [5, 5.41) is 22.2. The number of nitrogens with one attached hydrogen (secondary N) is 1. The molecule has 1 aromatic heterocycles. The van der Waals surface area contributed by atoms with Gasteiger partial charge in [-0.1, -0.05) is 17.8 Å². The number of rotatable bonds is 6. The standard InChI is InChI=1S/C18H16FN5O3S/c1-11-3-8-14(24(26)27)9-15(11)20-16(25)10-28-18-22-21-17(23(18)2)12-4-6-13(19)7-5-12/h3-9H,10H2,1-2H3,(H,20,25). The van der Waals surface area contributed by atoms with Crippen molar-refractivity contribution in [3.8, 4) is 11.4 Å². The lowest BCUT2D eigenvalue weighted by Gasteiger charge is -2.08. The summed E-state index contributed by atoms with van der Waals surface area (Å²) in [6.45, 7) is 1.75. The zero-order valence-corrected chi connectivity index (χ0v) is 15.9. The van der Waals surface area contributed by atoms with Gasteiger partial charge < -0.3 is 9.88 Å². The van der Waals surface area contributed by atoms with Crippen LogP contribution in [-0.4, -0.2) is 31.3 Å². The molecule has 0 spiro atoms. The molecule has 1 heterocycles. The summed E-state index contributed by atoms with van der Waals surface area (Å²) in [5.74, 6) is -0.0525. The molecule has 0 atom stereocenters. The maximum absolute atomic E-state index is 13.1. The average Bonchev–Trinajstić information content (AvgIpc) is 3.03. The second-order valence-electron chi connectivity index (χ2n) is 5.97. The van der Waals surface area contributed by atoms with E-state index in [1.807, 2.05) is 0 Å². The van der Waals surface area contributed by atoms with Crippen LogP contribution in [0.5, 0.6) is 0 Å². The van der Waals surface area contributed by atoms with Gasteiger partial charge in [0.15, 0.2) is 11.0 Å². The van der Waals surface area contributed by atoms with E-state index in [4.69, 9.17) is 0 Å². The van der Waals surface area contributed by atoms with Crippen LogP contribution in [-0.2, 0) is 11.8 Å². The molecule has 1 N–H and O–H groups in total. The minimum atomic E-state index is -0.514. The lowest BCUT2D eigenvalue weighted by molar-refractivity contribution is -0.384. The summed E-state index contributed by atoms with van der Waals surface area (Å²) < 4.78 is 14.8. The first kappa shape index (κ1) is 19.5. The Balaban J connectivity index is 1.66. The summed E-state index contributed by atoms with van der Waals surface area (Å²) >= 11 is 1.18. The van der Waals surface area contributed by atoms with E-state index in [2.05, 4.69) is 15.5 Å². The number of hydrogen-bond acceptors (Lipinski definition) is 6. The van der Waals surface area contributed by atoms with Crippen molar-refractivity contribution in [2.75, 3.05) is 11.1 Å². The fourth-order valence-electron chi connectivity index (χ4n) is 2.47. The third-order valence-corrected chi connectivity index (χ3v) is 5.00. The number of hydrogen-bond donors (Lipinski definition) is 1. The maximum atomic E-state index is 13.1. The minimum Gasteiger partial charge on any atom is -0.325 e. The third kappa shape index (κ3) is 4.34. The summed E-state index contributed by atoms with van der Waals surface area (Å²) in [4.78, 5) is 22.6. The van der Waals surface area contributed by atoms with E-state index in [-0.39, 0.29) is 23.2 Å². The summed E-state index contributed by atoms with van der Waals surface area (Å²) in [6, 6.07) is 10.2. The molecule has 28 heavy (non-hydrogen) atoms. The Morgan fingerprint density at radius 2 is 1.96 bits per heavy atom. The number of anilines is 1. The number of nitro groups is 1. The first-order valence-corrected chi connectivity index (χ1v) is 9.16. The van der Waals surface area contributed by atoms with Crippen molar-refractivity contribution in [2.24, 2.45) is 7.05 Å². The second kappa shape index (κ2) is 8.17. The predicted octanol–water partition coefficient (Wildman–Crippen LogP) is 3.57. The summed E-state index contributed by atoms with van der Waals surface area (Å²) in [5.41, 5.74) is 1.73. The highest BCUT2D eigenvalue weighted by atomic mass is 32.2. The number of carbonyl (C=O) groups is 1. The highest BCUT2D eigenvalue weighted by Crippen LogP contribution is 2.24. The number of aryl methyl sites for hydroxylation is 1. The van der Waals surface area contributed by atoms with Gasteiger partial charge in [0.25, 0.3) is 5.69 Å². The van der Waals surface area contributed by atoms with Crippen LogP contribution >= 0.6 is 11.8 Å². The molecule has 3 rings (SSSR count). The number of carbonyl (C=O) groups excluding carboxylic acids is 1. The Labute approximate surface area is 163 Å². The number of non-ortho nitro benzene ring substituents is 1. The van der Waals surface area contributed by atoms with Crippen molar-refractivity contribution in [1.82, 2.24) is 14.8 Å². The molecule has 144 valence electrons. The summed E-state index contributed by atoms with van der Waals surface area (Å²) in [7, 11) is 1.75. The number of aromatic nitrogens is 3. The largest absolute Gasteiger partial charge is 0.325 e. The predicted molar refractivity (Wildman–Crippen MR) is 104 cm³/mol. The van der Waals surface area contributed by atoms with Crippen molar-refractivity contribution in [3.05, 3.63) is 64.0 Å². The van der Waals surface area contributed by atoms with Crippen LogP contribution in [0.15, 0.2) is 47.6 Å². The molecule has 0 bridgehead atoms. The number of nitrogens with zero attached hydrogens (tertiary/aromatic N) is 4. The van der Waals surface area contributed by atoms with Gasteiger partial charge >= 0.3 is 0 Å². The van der Waals surface area contributed by atoms with Gasteiger partial charge in [0.05, 0.1) is 16.4 Å². The average molecular weight is 401 g/mol. The molecule has 3 aromatic rings. The molecule has 0 saturated carbocycles. The Hall–Kier alpha value is -3.27. The Kier molecular flexibility index (Phi) is 5.69. The fraction of sp³-hybridized carbons (Fsp3) is 0.167. The quantitative estimate of drug-likeness (QED) is 0.385. The molecule has 0 aliphatic rings. The van der Waals surface area contributed by atoms with Crippen molar-refractivity contribution in [1.29, 1.82) is 0 Å². The van der Waals surface area contributed by atoms with Crippen molar-refractivity contribution in [2.45, 2.75) is 12.1 Å². The highest BCUT2D eigenvalue weighted by molar-refractivity contribution is 7.99. The molecule has 10 heteroatoms. The van der Waals surface area contributed by atoms with E-state index < -0.39 is 4.92 Å². The topological polar surface area (TPSA) is 103 Å². The molecular formula is C18H16FN5O3S. The zero-order valence-electron chi connectivity index (χ0n) is 15.0. The van der Waals surface area contributed by atoms with Crippen LogP contribution in [0.2, 0.25) is 0 Å². The van der Waals surface area contributed by atoms with E-state index >= 15 is 0 Å². The Bertz CT molecular complexity index is 1040. The number of nitro benzene ring substituents is 1. The van der Waals surface area contributed by atoms with E-state index in [9.17, 15) is 19.3 Å². The first-order chi connectivity index (χ1) is 13.3. The lowest BCUT2D eigenvalue weighted by Crippen LogP contribution is -2.15. The van der Waals surface area contributed by atoms with Gasteiger partial charge in [0.1, 0.15) is 5.82 Å².